The van der Waals surface area contributed by atoms with Crippen LogP contribution in [0.1, 0.15) is 27.9 Å². The van der Waals surface area contributed by atoms with Crippen molar-refractivity contribution in [3.05, 3.63) is 83.4 Å². The SMILES string of the molecule is COc1ccccc1NS(=O)(=O)c1ccc(C(=O)Nc2ccc3c(c2)CCC3)cc1. The van der Waals surface area contributed by atoms with Gasteiger partial charge in [-0.05, 0) is 78.9 Å². The van der Waals surface area contributed by atoms with E-state index >= 15 is 0 Å². The van der Waals surface area contributed by atoms with E-state index in [9.17, 15) is 13.2 Å². The number of hydrogen-bond donors (Lipinski definition) is 2. The number of fused-ring (bicyclic) bond motifs is 1. The highest BCUT2D eigenvalue weighted by atomic mass is 32.2. The molecule has 3 aromatic rings. The normalized spacial score (nSPS) is 12.8. The van der Waals surface area contributed by atoms with Crippen LogP contribution >= 0.6 is 0 Å². The van der Waals surface area contributed by atoms with E-state index in [1.54, 1.807) is 24.3 Å². The number of amides is 1. The Kier molecular flexibility index (Phi) is 5.46. The van der Waals surface area contributed by atoms with E-state index in [1.807, 2.05) is 12.1 Å². The number of carbonyl (C=O) groups is 1. The summed E-state index contributed by atoms with van der Waals surface area (Å²) in [5.41, 5.74) is 4.09. The summed E-state index contributed by atoms with van der Waals surface area (Å²) in [6, 6.07) is 18.5. The van der Waals surface area contributed by atoms with E-state index in [4.69, 9.17) is 4.74 Å². The summed E-state index contributed by atoms with van der Waals surface area (Å²) >= 11 is 0. The van der Waals surface area contributed by atoms with E-state index in [1.165, 1.54) is 42.5 Å². The van der Waals surface area contributed by atoms with E-state index < -0.39 is 10.0 Å². The van der Waals surface area contributed by atoms with E-state index in [0.29, 0.717) is 17.0 Å². The van der Waals surface area contributed by atoms with Crippen molar-refractivity contribution < 1.29 is 17.9 Å². The summed E-state index contributed by atoms with van der Waals surface area (Å²) in [5.74, 6) is 0.140. The fourth-order valence-electron chi connectivity index (χ4n) is 3.57. The average molecular weight is 423 g/mol. The fourth-order valence-corrected chi connectivity index (χ4v) is 4.64. The van der Waals surface area contributed by atoms with Crippen molar-refractivity contribution in [2.24, 2.45) is 0 Å². The molecule has 0 fully saturated rings. The molecule has 1 aliphatic rings. The van der Waals surface area contributed by atoms with Gasteiger partial charge in [-0.2, -0.15) is 0 Å². The number of methoxy groups -OCH3 is 1. The topological polar surface area (TPSA) is 84.5 Å². The molecule has 0 saturated carbocycles. The number of ether oxygens (including phenoxy) is 1. The number of hydrogen-bond acceptors (Lipinski definition) is 4. The molecule has 1 amide bonds. The predicted octanol–water partition coefficient (Wildman–Crippen LogP) is 4.24. The van der Waals surface area contributed by atoms with Crippen LogP contribution in [0.3, 0.4) is 0 Å². The molecule has 0 heterocycles. The Hall–Kier alpha value is -3.32. The highest BCUT2D eigenvalue weighted by molar-refractivity contribution is 7.92. The number of benzene rings is 3. The molecule has 1 aliphatic carbocycles. The summed E-state index contributed by atoms with van der Waals surface area (Å²) in [4.78, 5) is 12.6. The Labute approximate surface area is 176 Å². The highest BCUT2D eigenvalue weighted by Crippen LogP contribution is 2.27. The first-order valence-corrected chi connectivity index (χ1v) is 11.1. The first kappa shape index (κ1) is 20.0. The van der Waals surface area contributed by atoms with Gasteiger partial charge >= 0.3 is 0 Å². The third kappa shape index (κ3) is 4.16. The van der Waals surface area contributed by atoms with E-state index in [0.717, 1.165) is 24.9 Å². The first-order valence-electron chi connectivity index (χ1n) is 9.65. The second-order valence-electron chi connectivity index (χ2n) is 7.12. The molecular weight excluding hydrogens is 400 g/mol. The quantitative estimate of drug-likeness (QED) is 0.622. The molecule has 6 nitrogen and oxygen atoms in total. The second-order valence-corrected chi connectivity index (χ2v) is 8.80. The summed E-state index contributed by atoms with van der Waals surface area (Å²) in [6.07, 6.45) is 3.26. The zero-order valence-electron chi connectivity index (χ0n) is 16.5. The molecule has 3 aromatic carbocycles. The highest BCUT2D eigenvalue weighted by Gasteiger charge is 2.18. The molecule has 154 valence electrons. The number of carbonyl (C=O) groups excluding carboxylic acids is 1. The van der Waals surface area contributed by atoms with Crippen molar-refractivity contribution in [3.8, 4) is 5.75 Å². The largest absolute Gasteiger partial charge is 0.495 e. The number of rotatable bonds is 6. The minimum absolute atomic E-state index is 0.0579. The molecule has 0 unspecified atom stereocenters. The maximum atomic E-state index is 12.7. The molecule has 0 saturated heterocycles. The smallest absolute Gasteiger partial charge is 0.262 e. The van der Waals surface area contributed by atoms with Gasteiger partial charge in [0.1, 0.15) is 5.75 Å². The lowest BCUT2D eigenvalue weighted by atomic mass is 10.1. The lowest BCUT2D eigenvalue weighted by Gasteiger charge is -2.12. The van der Waals surface area contributed by atoms with Crippen molar-refractivity contribution in [1.29, 1.82) is 0 Å². The lowest BCUT2D eigenvalue weighted by Crippen LogP contribution is -2.15. The van der Waals surface area contributed by atoms with Gasteiger partial charge in [-0.25, -0.2) is 8.42 Å². The Morgan fingerprint density at radius 3 is 2.43 bits per heavy atom. The summed E-state index contributed by atoms with van der Waals surface area (Å²) in [6.45, 7) is 0. The fraction of sp³-hybridized carbons (Fsp3) is 0.174. The summed E-state index contributed by atoms with van der Waals surface area (Å²) in [7, 11) is -2.34. The first-order chi connectivity index (χ1) is 14.5. The zero-order chi connectivity index (χ0) is 21.1. The van der Waals surface area contributed by atoms with Gasteiger partial charge in [0, 0.05) is 11.3 Å². The molecule has 2 N–H and O–H groups in total. The third-order valence-corrected chi connectivity index (χ3v) is 6.52. The molecule has 0 aromatic heterocycles. The van der Waals surface area contributed by atoms with Crippen LogP contribution in [-0.2, 0) is 22.9 Å². The summed E-state index contributed by atoms with van der Waals surface area (Å²) in [5, 5.41) is 2.88. The van der Waals surface area contributed by atoms with Gasteiger partial charge < -0.3 is 10.1 Å². The number of nitrogens with one attached hydrogen (secondary N) is 2. The van der Waals surface area contributed by atoms with Gasteiger partial charge in [0.2, 0.25) is 0 Å². The molecule has 0 radical (unpaired) electrons. The number of aryl methyl sites for hydroxylation is 2. The molecule has 0 aliphatic heterocycles. The van der Waals surface area contributed by atoms with Crippen LogP contribution < -0.4 is 14.8 Å². The van der Waals surface area contributed by atoms with E-state index in [2.05, 4.69) is 16.1 Å². The molecule has 0 atom stereocenters. The molecule has 0 spiro atoms. The van der Waals surface area contributed by atoms with Crippen LogP contribution in [0.15, 0.2) is 71.6 Å². The third-order valence-electron chi connectivity index (χ3n) is 5.13. The lowest BCUT2D eigenvalue weighted by molar-refractivity contribution is 0.102. The van der Waals surface area contributed by atoms with Crippen LogP contribution in [0.5, 0.6) is 5.75 Å². The van der Waals surface area contributed by atoms with Crippen LogP contribution in [0.25, 0.3) is 0 Å². The average Bonchev–Trinajstić information content (AvgIpc) is 3.22. The van der Waals surface area contributed by atoms with Crippen LogP contribution in [0.4, 0.5) is 11.4 Å². The van der Waals surface area contributed by atoms with Crippen molar-refractivity contribution in [1.82, 2.24) is 0 Å². The summed E-state index contributed by atoms with van der Waals surface area (Å²) < 4.78 is 33.1. The number of para-hydroxylation sites is 2. The van der Waals surface area contributed by atoms with Gasteiger partial charge in [-0.1, -0.05) is 18.2 Å². The Morgan fingerprint density at radius 2 is 1.67 bits per heavy atom. The molecule has 30 heavy (non-hydrogen) atoms. The standard InChI is InChI=1S/C23H22N2O4S/c1-29-22-8-3-2-7-21(22)25-30(27,28)20-13-10-17(11-14-20)23(26)24-19-12-9-16-5-4-6-18(16)15-19/h2-3,7-15,25H,4-6H2,1H3,(H,24,26). The predicted molar refractivity (Wildman–Crippen MR) is 117 cm³/mol. The Balaban J connectivity index is 1.48. The Morgan fingerprint density at radius 1 is 0.933 bits per heavy atom. The van der Waals surface area contributed by atoms with Crippen molar-refractivity contribution in [3.63, 3.8) is 0 Å². The van der Waals surface area contributed by atoms with Gasteiger partial charge in [-0.15, -0.1) is 0 Å². The van der Waals surface area contributed by atoms with Crippen LogP contribution in [0.2, 0.25) is 0 Å². The van der Waals surface area contributed by atoms with Crippen molar-refractivity contribution in [2.45, 2.75) is 24.2 Å². The molecule has 4 rings (SSSR count). The van der Waals surface area contributed by atoms with Gasteiger partial charge in [0.25, 0.3) is 15.9 Å². The van der Waals surface area contributed by atoms with Crippen LogP contribution in [0, 0.1) is 0 Å². The van der Waals surface area contributed by atoms with Crippen LogP contribution in [-0.4, -0.2) is 21.4 Å². The molecular formula is C23H22N2O4S. The van der Waals surface area contributed by atoms with Gasteiger partial charge in [0.05, 0.1) is 17.7 Å². The Bertz CT molecular complexity index is 1190. The molecule has 7 heteroatoms. The zero-order valence-corrected chi connectivity index (χ0v) is 17.3. The minimum atomic E-state index is -3.82. The maximum Gasteiger partial charge on any atom is 0.262 e. The molecule has 0 bridgehead atoms. The second kappa shape index (κ2) is 8.20. The number of sulfonamides is 1. The van der Waals surface area contributed by atoms with Crippen molar-refractivity contribution >= 4 is 27.3 Å². The monoisotopic (exact) mass is 422 g/mol. The van der Waals surface area contributed by atoms with Gasteiger partial charge in [0.15, 0.2) is 0 Å². The number of anilines is 2. The van der Waals surface area contributed by atoms with Gasteiger partial charge in [-0.3, -0.25) is 9.52 Å². The van der Waals surface area contributed by atoms with Crippen molar-refractivity contribution in [2.75, 3.05) is 17.1 Å². The van der Waals surface area contributed by atoms with E-state index in [-0.39, 0.29) is 10.8 Å². The maximum absolute atomic E-state index is 12.7. The minimum Gasteiger partial charge on any atom is -0.495 e.